The van der Waals surface area contributed by atoms with E-state index >= 15 is 0 Å². The van der Waals surface area contributed by atoms with Crippen molar-refractivity contribution < 1.29 is 8.42 Å². The minimum atomic E-state index is -3.32. The number of fused-ring (bicyclic) bond motifs is 1. The van der Waals surface area contributed by atoms with Gasteiger partial charge in [-0.1, -0.05) is 17.7 Å². The molecule has 104 valence electrons. The topological polar surface area (TPSA) is 49.4 Å². The minimum absolute atomic E-state index is 0.342. The van der Waals surface area contributed by atoms with Crippen LogP contribution in [-0.2, 0) is 10.0 Å². The summed E-state index contributed by atoms with van der Waals surface area (Å²) in [4.78, 5) is 0.414. The lowest BCUT2D eigenvalue weighted by atomic mass is 9.94. The number of rotatable bonds is 2. The van der Waals surface area contributed by atoms with Crippen molar-refractivity contribution in [2.24, 2.45) is 5.92 Å². The Morgan fingerprint density at radius 3 is 2.63 bits per heavy atom. The number of hydrogen-bond acceptors (Lipinski definition) is 3. The molecule has 1 aromatic rings. The molecular formula is C14H20N2O2S. The third-order valence-corrected chi connectivity index (χ3v) is 6.07. The molecule has 1 aromatic carbocycles. The van der Waals surface area contributed by atoms with Crippen LogP contribution in [0.4, 0.5) is 0 Å². The van der Waals surface area contributed by atoms with Crippen molar-refractivity contribution in [1.29, 1.82) is 0 Å². The van der Waals surface area contributed by atoms with Gasteiger partial charge in [0.25, 0.3) is 0 Å². The van der Waals surface area contributed by atoms with E-state index in [0.717, 1.165) is 24.9 Å². The highest BCUT2D eigenvalue weighted by atomic mass is 32.2. The van der Waals surface area contributed by atoms with Crippen LogP contribution in [0.5, 0.6) is 0 Å². The zero-order valence-corrected chi connectivity index (χ0v) is 12.0. The largest absolute Gasteiger partial charge is 0.312 e. The summed E-state index contributed by atoms with van der Waals surface area (Å²) >= 11 is 0. The van der Waals surface area contributed by atoms with E-state index in [4.69, 9.17) is 0 Å². The first-order valence-corrected chi connectivity index (χ1v) is 8.31. The average molecular weight is 280 g/mol. The van der Waals surface area contributed by atoms with Crippen LogP contribution >= 0.6 is 0 Å². The molecule has 0 radical (unpaired) electrons. The number of hydrogen-bond donors (Lipinski definition) is 1. The predicted octanol–water partition coefficient (Wildman–Crippen LogP) is 1.37. The second-order valence-electron chi connectivity index (χ2n) is 5.60. The first-order chi connectivity index (χ1) is 9.07. The van der Waals surface area contributed by atoms with Gasteiger partial charge in [0, 0.05) is 19.1 Å². The Hall–Kier alpha value is -0.910. The summed E-state index contributed by atoms with van der Waals surface area (Å²) in [5.74, 6) is 0.481. The van der Waals surface area contributed by atoms with E-state index in [-0.39, 0.29) is 0 Å². The summed E-state index contributed by atoms with van der Waals surface area (Å²) in [6.45, 7) is 4.25. The van der Waals surface area contributed by atoms with Gasteiger partial charge in [0.15, 0.2) is 0 Å². The van der Waals surface area contributed by atoms with E-state index < -0.39 is 10.0 Å². The quantitative estimate of drug-likeness (QED) is 0.890. The summed E-state index contributed by atoms with van der Waals surface area (Å²) in [7, 11) is -3.32. The molecule has 0 amide bonds. The molecule has 0 saturated carbocycles. The van der Waals surface area contributed by atoms with Crippen molar-refractivity contribution in [3.05, 3.63) is 29.8 Å². The molecule has 2 fully saturated rings. The zero-order valence-electron chi connectivity index (χ0n) is 11.2. The molecule has 0 bridgehead atoms. The molecule has 2 aliphatic rings. The molecule has 0 aromatic heterocycles. The lowest BCUT2D eigenvalue weighted by molar-refractivity contribution is 0.339. The number of sulfonamides is 1. The van der Waals surface area contributed by atoms with Crippen molar-refractivity contribution in [1.82, 2.24) is 9.62 Å². The van der Waals surface area contributed by atoms with Crippen molar-refractivity contribution >= 4 is 10.0 Å². The van der Waals surface area contributed by atoms with Gasteiger partial charge in [0.2, 0.25) is 10.0 Å². The Morgan fingerprint density at radius 2 is 1.95 bits per heavy atom. The molecule has 0 aliphatic carbocycles. The van der Waals surface area contributed by atoms with Crippen molar-refractivity contribution in [3.63, 3.8) is 0 Å². The fourth-order valence-corrected chi connectivity index (χ4v) is 4.59. The third kappa shape index (κ3) is 2.42. The molecule has 0 unspecified atom stereocenters. The minimum Gasteiger partial charge on any atom is -0.312 e. The standard InChI is InChI=1S/C14H20N2O2S/c1-11-4-6-13(7-5-11)19(17,18)16-9-12-3-2-8-15-14(12)10-16/h4-7,12,14-15H,2-3,8-10H2,1H3/t12-,14+/m1/s1. The van der Waals surface area contributed by atoms with Gasteiger partial charge in [-0.3, -0.25) is 0 Å². The number of benzene rings is 1. The maximum atomic E-state index is 12.6. The number of nitrogens with zero attached hydrogens (tertiary/aromatic N) is 1. The van der Waals surface area contributed by atoms with E-state index in [1.165, 1.54) is 0 Å². The number of nitrogens with one attached hydrogen (secondary N) is 1. The second kappa shape index (κ2) is 4.89. The van der Waals surface area contributed by atoms with E-state index in [9.17, 15) is 8.42 Å². The van der Waals surface area contributed by atoms with Gasteiger partial charge in [-0.15, -0.1) is 0 Å². The van der Waals surface area contributed by atoms with Crippen LogP contribution in [0.3, 0.4) is 0 Å². The number of aryl methyl sites for hydroxylation is 1. The highest BCUT2D eigenvalue weighted by molar-refractivity contribution is 7.89. The molecule has 2 saturated heterocycles. The summed E-state index contributed by atoms with van der Waals surface area (Å²) in [5.41, 5.74) is 1.08. The average Bonchev–Trinajstić information content (AvgIpc) is 2.83. The van der Waals surface area contributed by atoms with E-state index in [2.05, 4.69) is 5.32 Å². The lowest BCUT2D eigenvalue weighted by Gasteiger charge is -2.24. The van der Waals surface area contributed by atoms with Crippen LogP contribution in [-0.4, -0.2) is 38.4 Å². The van der Waals surface area contributed by atoms with Crippen LogP contribution in [0.25, 0.3) is 0 Å². The first-order valence-electron chi connectivity index (χ1n) is 6.87. The zero-order chi connectivity index (χ0) is 13.5. The van der Waals surface area contributed by atoms with Crippen LogP contribution in [0.15, 0.2) is 29.2 Å². The van der Waals surface area contributed by atoms with Gasteiger partial charge in [0.05, 0.1) is 4.90 Å². The van der Waals surface area contributed by atoms with Gasteiger partial charge >= 0.3 is 0 Å². The Morgan fingerprint density at radius 1 is 1.21 bits per heavy atom. The maximum absolute atomic E-state index is 12.6. The SMILES string of the molecule is Cc1ccc(S(=O)(=O)N2C[C@H]3CCCN[C@H]3C2)cc1. The van der Waals surface area contributed by atoms with Crippen LogP contribution in [0.2, 0.25) is 0 Å². The van der Waals surface area contributed by atoms with Crippen LogP contribution < -0.4 is 5.32 Å². The van der Waals surface area contributed by atoms with Gasteiger partial charge in [0.1, 0.15) is 0 Å². The first kappa shape index (κ1) is 13.1. The molecule has 4 nitrogen and oxygen atoms in total. The molecular weight excluding hydrogens is 260 g/mol. The Balaban J connectivity index is 1.83. The molecule has 2 atom stereocenters. The summed E-state index contributed by atoms with van der Waals surface area (Å²) < 4.78 is 26.8. The van der Waals surface area contributed by atoms with Crippen molar-refractivity contribution in [2.45, 2.75) is 30.7 Å². The smallest absolute Gasteiger partial charge is 0.243 e. The van der Waals surface area contributed by atoms with Gasteiger partial charge in [-0.2, -0.15) is 4.31 Å². The molecule has 2 aliphatic heterocycles. The van der Waals surface area contributed by atoms with E-state index in [1.807, 2.05) is 19.1 Å². The normalized spacial score (nSPS) is 28.3. The molecule has 5 heteroatoms. The van der Waals surface area contributed by atoms with Crippen LogP contribution in [0.1, 0.15) is 18.4 Å². The van der Waals surface area contributed by atoms with Crippen molar-refractivity contribution in [3.8, 4) is 0 Å². The second-order valence-corrected chi connectivity index (χ2v) is 7.54. The molecule has 2 heterocycles. The Bertz CT molecular complexity index is 539. The highest BCUT2D eigenvalue weighted by Gasteiger charge is 2.39. The summed E-state index contributed by atoms with van der Waals surface area (Å²) in [5, 5.41) is 3.44. The number of piperidine rings is 1. The van der Waals surface area contributed by atoms with E-state index in [0.29, 0.717) is 29.9 Å². The summed E-state index contributed by atoms with van der Waals surface area (Å²) in [6.07, 6.45) is 2.29. The van der Waals surface area contributed by atoms with Crippen LogP contribution in [0, 0.1) is 12.8 Å². The van der Waals surface area contributed by atoms with E-state index in [1.54, 1.807) is 16.4 Å². The Kier molecular flexibility index (Phi) is 3.37. The van der Waals surface area contributed by atoms with Gasteiger partial charge in [-0.05, 0) is 44.4 Å². The third-order valence-electron chi connectivity index (χ3n) is 4.22. The molecule has 0 spiro atoms. The Labute approximate surface area is 114 Å². The van der Waals surface area contributed by atoms with Gasteiger partial charge in [-0.25, -0.2) is 8.42 Å². The van der Waals surface area contributed by atoms with Gasteiger partial charge < -0.3 is 5.32 Å². The summed E-state index contributed by atoms with van der Waals surface area (Å²) in [6, 6.07) is 7.47. The lowest BCUT2D eigenvalue weighted by Crippen LogP contribution is -2.41. The monoisotopic (exact) mass is 280 g/mol. The predicted molar refractivity (Wildman–Crippen MR) is 74.5 cm³/mol. The fourth-order valence-electron chi connectivity index (χ4n) is 3.06. The maximum Gasteiger partial charge on any atom is 0.243 e. The molecule has 19 heavy (non-hydrogen) atoms. The molecule has 3 rings (SSSR count). The van der Waals surface area contributed by atoms with Crippen molar-refractivity contribution in [2.75, 3.05) is 19.6 Å². The fraction of sp³-hybridized carbons (Fsp3) is 0.571. The highest BCUT2D eigenvalue weighted by Crippen LogP contribution is 2.29. The molecule has 1 N–H and O–H groups in total.